The van der Waals surface area contributed by atoms with Gasteiger partial charge in [0, 0.05) is 11.3 Å². The number of aryl methyl sites for hydroxylation is 1. The monoisotopic (exact) mass is 420 g/mol. The zero-order valence-electron chi connectivity index (χ0n) is 17.0. The molecule has 0 fully saturated rings. The Morgan fingerprint density at radius 3 is 2.40 bits per heavy atom. The van der Waals surface area contributed by atoms with Crippen molar-refractivity contribution in [2.75, 3.05) is 16.2 Å². The molecule has 1 amide bonds. The van der Waals surface area contributed by atoms with Crippen molar-refractivity contribution in [3.63, 3.8) is 0 Å². The summed E-state index contributed by atoms with van der Waals surface area (Å²) in [5.41, 5.74) is 3.53. The highest BCUT2D eigenvalue weighted by Crippen LogP contribution is 2.25. The number of hydrogen-bond donors (Lipinski definition) is 1. The van der Waals surface area contributed by atoms with Crippen molar-refractivity contribution in [2.24, 2.45) is 0 Å². The smallest absolute Gasteiger partial charge is 0.264 e. The number of nitrogens with one attached hydrogen (secondary N) is 1. The summed E-state index contributed by atoms with van der Waals surface area (Å²) in [5, 5.41) is 2.87. The Labute approximate surface area is 177 Å². The van der Waals surface area contributed by atoms with Crippen molar-refractivity contribution >= 4 is 27.3 Å². The minimum atomic E-state index is -3.88. The molecule has 6 heteroatoms. The number of nitrogens with zero attached hydrogens (tertiary/aromatic N) is 1. The molecule has 1 N–H and O–H groups in total. The number of amides is 1. The lowest BCUT2D eigenvalue weighted by Gasteiger charge is -2.23. The number of benzene rings is 3. The van der Waals surface area contributed by atoms with Crippen LogP contribution in [0.5, 0.6) is 0 Å². The van der Waals surface area contributed by atoms with Crippen LogP contribution in [-0.2, 0) is 10.0 Å². The van der Waals surface area contributed by atoms with Crippen LogP contribution in [0.4, 0.5) is 11.4 Å². The van der Waals surface area contributed by atoms with Crippen LogP contribution in [0.3, 0.4) is 0 Å². The van der Waals surface area contributed by atoms with E-state index < -0.39 is 10.0 Å². The topological polar surface area (TPSA) is 66.5 Å². The Balaban J connectivity index is 1.94. The van der Waals surface area contributed by atoms with Gasteiger partial charge in [-0.25, -0.2) is 8.42 Å². The highest BCUT2D eigenvalue weighted by molar-refractivity contribution is 7.92. The number of para-hydroxylation sites is 1. The number of anilines is 2. The normalized spacial score (nSPS) is 11.0. The van der Waals surface area contributed by atoms with Crippen molar-refractivity contribution < 1.29 is 13.2 Å². The fourth-order valence-electron chi connectivity index (χ4n) is 3.06. The van der Waals surface area contributed by atoms with Gasteiger partial charge in [-0.15, -0.1) is 6.58 Å². The molecule has 0 saturated carbocycles. The molecule has 0 radical (unpaired) electrons. The van der Waals surface area contributed by atoms with E-state index >= 15 is 0 Å². The quantitative estimate of drug-likeness (QED) is 0.551. The van der Waals surface area contributed by atoms with Crippen molar-refractivity contribution in [3.05, 3.63) is 102 Å². The molecule has 0 saturated heterocycles. The van der Waals surface area contributed by atoms with E-state index in [1.54, 1.807) is 36.4 Å². The third-order valence-corrected chi connectivity index (χ3v) is 6.67. The Hall–Kier alpha value is -3.38. The zero-order chi connectivity index (χ0) is 21.7. The first-order chi connectivity index (χ1) is 14.3. The predicted molar refractivity (Wildman–Crippen MR) is 121 cm³/mol. The number of sulfonamides is 1. The summed E-state index contributed by atoms with van der Waals surface area (Å²) in [7, 11) is -3.88. The second-order valence-electron chi connectivity index (χ2n) is 6.89. The second kappa shape index (κ2) is 8.97. The van der Waals surface area contributed by atoms with Crippen LogP contribution in [0.1, 0.15) is 21.5 Å². The van der Waals surface area contributed by atoms with Crippen LogP contribution in [0.25, 0.3) is 0 Å². The van der Waals surface area contributed by atoms with Crippen LogP contribution < -0.4 is 9.62 Å². The van der Waals surface area contributed by atoms with Gasteiger partial charge in [-0.05, 0) is 61.4 Å². The molecule has 0 atom stereocenters. The van der Waals surface area contributed by atoms with Crippen LogP contribution in [0.2, 0.25) is 0 Å². The highest BCUT2D eigenvalue weighted by Gasteiger charge is 2.25. The Kier molecular flexibility index (Phi) is 6.37. The fraction of sp³-hybridized carbons (Fsp3) is 0.125. The van der Waals surface area contributed by atoms with Gasteiger partial charge < -0.3 is 5.32 Å². The van der Waals surface area contributed by atoms with Gasteiger partial charge in [0.05, 0.1) is 17.1 Å². The molecule has 0 unspecified atom stereocenters. The maximum absolute atomic E-state index is 13.3. The Bertz CT molecular complexity index is 1170. The molecule has 0 aliphatic carbocycles. The summed E-state index contributed by atoms with van der Waals surface area (Å²) in [6.45, 7) is 7.68. The van der Waals surface area contributed by atoms with E-state index in [1.807, 2.05) is 38.1 Å². The fourth-order valence-corrected chi connectivity index (χ4v) is 4.54. The summed E-state index contributed by atoms with van der Waals surface area (Å²) in [6.07, 6.45) is 1.53. The molecule has 3 aromatic rings. The Morgan fingerprint density at radius 1 is 1.00 bits per heavy atom. The molecule has 30 heavy (non-hydrogen) atoms. The van der Waals surface area contributed by atoms with Gasteiger partial charge >= 0.3 is 0 Å². The summed E-state index contributed by atoms with van der Waals surface area (Å²) in [6, 6.07) is 20.5. The molecule has 5 nitrogen and oxygen atoms in total. The molecular weight excluding hydrogens is 396 g/mol. The molecule has 0 aliphatic heterocycles. The maximum Gasteiger partial charge on any atom is 0.264 e. The van der Waals surface area contributed by atoms with E-state index in [9.17, 15) is 13.2 Å². The molecule has 0 heterocycles. The summed E-state index contributed by atoms with van der Waals surface area (Å²) >= 11 is 0. The van der Waals surface area contributed by atoms with Gasteiger partial charge in [0.25, 0.3) is 15.9 Å². The van der Waals surface area contributed by atoms with Crippen LogP contribution in [-0.4, -0.2) is 20.9 Å². The molecule has 154 valence electrons. The third-order valence-electron chi connectivity index (χ3n) is 4.88. The minimum Gasteiger partial charge on any atom is -0.322 e. The molecule has 0 spiro atoms. The van der Waals surface area contributed by atoms with E-state index in [1.165, 1.54) is 22.5 Å². The summed E-state index contributed by atoms with van der Waals surface area (Å²) < 4.78 is 27.9. The molecule has 3 rings (SSSR count). The molecule has 0 bridgehead atoms. The third kappa shape index (κ3) is 4.44. The van der Waals surface area contributed by atoms with Crippen LogP contribution in [0, 0.1) is 13.8 Å². The number of hydrogen-bond acceptors (Lipinski definition) is 3. The van der Waals surface area contributed by atoms with E-state index in [0.717, 1.165) is 11.1 Å². The number of rotatable bonds is 7. The lowest BCUT2D eigenvalue weighted by Crippen LogP contribution is -2.31. The van der Waals surface area contributed by atoms with Gasteiger partial charge in [0.1, 0.15) is 0 Å². The molecule has 3 aromatic carbocycles. The minimum absolute atomic E-state index is 0.0433. The number of carbonyl (C=O) groups excluding carboxylic acids is 1. The van der Waals surface area contributed by atoms with Crippen LogP contribution >= 0.6 is 0 Å². The van der Waals surface area contributed by atoms with Crippen molar-refractivity contribution in [2.45, 2.75) is 18.7 Å². The lowest BCUT2D eigenvalue weighted by molar-refractivity contribution is 0.102. The highest BCUT2D eigenvalue weighted by atomic mass is 32.2. The van der Waals surface area contributed by atoms with Gasteiger partial charge in [0.2, 0.25) is 0 Å². The first kappa shape index (κ1) is 21.3. The largest absolute Gasteiger partial charge is 0.322 e. The lowest BCUT2D eigenvalue weighted by atomic mass is 10.1. The first-order valence-electron chi connectivity index (χ1n) is 9.51. The van der Waals surface area contributed by atoms with E-state index in [0.29, 0.717) is 11.4 Å². The second-order valence-corrected chi connectivity index (χ2v) is 8.75. The van der Waals surface area contributed by atoms with E-state index in [-0.39, 0.29) is 22.9 Å². The van der Waals surface area contributed by atoms with Gasteiger partial charge in [-0.3, -0.25) is 9.10 Å². The van der Waals surface area contributed by atoms with E-state index in [2.05, 4.69) is 11.9 Å². The molecule has 0 aromatic heterocycles. The van der Waals surface area contributed by atoms with Crippen molar-refractivity contribution in [3.8, 4) is 0 Å². The van der Waals surface area contributed by atoms with E-state index in [4.69, 9.17) is 0 Å². The molecular formula is C24H24N2O3S. The average molecular weight is 421 g/mol. The van der Waals surface area contributed by atoms with Gasteiger partial charge in [-0.1, -0.05) is 42.5 Å². The molecule has 0 aliphatic rings. The zero-order valence-corrected chi connectivity index (χ0v) is 17.8. The Morgan fingerprint density at radius 2 is 1.70 bits per heavy atom. The van der Waals surface area contributed by atoms with Crippen molar-refractivity contribution in [1.29, 1.82) is 0 Å². The van der Waals surface area contributed by atoms with Gasteiger partial charge in [0.15, 0.2) is 0 Å². The van der Waals surface area contributed by atoms with Crippen molar-refractivity contribution in [1.82, 2.24) is 0 Å². The number of carbonyl (C=O) groups is 1. The average Bonchev–Trinajstić information content (AvgIpc) is 2.75. The standard InChI is InChI=1S/C24H24N2O3S/c1-4-16-26(21-12-6-5-7-13-21)30(28,29)22-14-9-11-20(17-22)24(27)25-23-15-8-10-18(2)19(23)3/h4-15,17H,1,16H2,2-3H3,(H,25,27). The summed E-state index contributed by atoms with van der Waals surface area (Å²) in [4.78, 5) is 12.8. The summed E-state index contributed by atoms with van der Waals surface area (Å²) in [5.74, 6) is -0.365. The van der Waals surface area contributed by atoms with Crippen LogP contribution in [0.15, 0.2) is 90.3 Å². The van der Waals surface area contributed by atoms with Gasteiger partial charge in [-0.2, -0.15) is 0 Å². The maximum atomic E-state index is 13.3. The predicted octanol–water partition coefficient (Wildman–Crippen LogP) is 4.94. The first-order valence-corrected chi connectivity index (χ1v) is 10.9. The SMILES string of the molecule is C=CCN(c1ccccc1)S(=O)(=O)c1cccc(C(=O)Nc2cccc(C)c2C)c1.